The normalized spacial score (nSPS) is 16.8. The van der Waals surface area contributed by atoms with Crippen molar-refractivity contribution < 1.29 is 14.7 Å². The Balaban J connectivity index is 1.36. The molecule has 0 spiro atoms. The number of aliphatic hydroxyl groups excluding tert-OH is 1. The Morgan fingerprint density at radius 2 is 1.63 bits per heavy atom. The molecule has 4 N–H and O–H groups in total. The molecule has 0 unspecified atom stereocenters. The van der Waals surface area contributed by atoms with E-state index in [1.54, 1.807) is 4.90 Å². The van der Waals surface area contributed by atoms with Crippen LogP contribution in [-0.4, -0.2) is 53.2 Å². The van der Waals surface area contributed by atoms with Crippen molar-refractivity contribution in [2.24, 2.45) is 0 Å². The number of rotatable bonds is 12. The summed E-state index contributed by atoms with van der Waals surface area (Å²) in [6.45, 7) is 5.99. The van der Waals surface area contributed by atoms with Gasteiger partial charge in [-0.1, -0.05) is 98.8 Å². The summed E-state index contributed by atoms with van der Waals surface area (Å²) in [5, 5.41) is 20.2. The lowest BCUT2D eigenvalue weighted by Gasteiger charge is -2.26. The zero-order valence-electron chi connectivity index (χ0n) is 22.1. The molecule has 7 heteroatoms. The predicted molar refractivity (Wildman–Crippen MR) is 149 cm³/mol. The minimum atomic E-state index is -0.815. The summed E-state index contributed by atoms with van der Waals surface area (Å²) in [6, 6.07) is 26.5. The summed E-state index contributed by atoms with van der Waals surface area (Å²) >= 11 is 0. The number of hydrogen-bond donors (Lipinski definition) is 4. The van der Waals surface area contributed by atoms with Crippen molar-refractivity contribution in [2.45, 2.75) is 57.5 Å². The van der Waals surface area contributed by atoms with E-state index in [1.807, 2.05) is 60.7 Å². The minimum Gasteiger partial charge on any atom is -0.390 e. The van der Waals surface area contributed by atoms with Crippen molar-refractivity contribution in [3.8, 4) is 0 Å². The predicted octanol–water partition coefficient (Wildman–Crippen LogP) is 3.58. The average Bonchev–Trinajstić information content (AvgIpc) is 3.29. The summed E-state index contributed by atoms with van der Waals surface area (Å²) in [6.07, 6.45) is -0.336. The fourth-order valence-corrected chi connectivity index (χ4v) is 4.68. The highest BCUT2D eigenvalue weighted by atomic mass is 16.3. The second kappa shape index (κ2) is 13.2. The molecule has 0 bridgehead atoms. The third-order valence-corrected chi connectivity index (χ3v) is 6.91. The van der Waals surface area contributed by atoms with Crippen molar-refractivity contribution in [3.05, 3.63) is 107 Å². The van der Waals surface area contributed by atoms with Crippen LogP contribution in [-0.2, 0) is 24.3 Å². The van der Waals surface area contributed by atoms with Crippen LogP contribution in [0.2, 0.25) is 0 Å². The molecule has 7 nitrogen and oxygen atoms in total. The van der Waals surface area contributed by atoms with Crippen molar-refractivity contribution in [1.29, 1.82) is 0 Å². The van der Waals surface area contributed by atoms with Crippen LogP contribution in [0.1, 0.15) is 42.0 Å². The quantitative estimate of drug-likeness (QED) is 0.297. The van der Waals surface area contributed by atoms with Gasteiger partial charge in [0.1, 0.15) is 6.04 Å². The van der Waals surface area contributed by atoms with E-state index in [0.29, 0.717) is 32.0 Å². The van der Waals surface area contributed by atoms with Gasteiger partial charge in [0.15, 0.2) is 0 Å². The maximum atomic E-state index is 13.2. The zero-order valence-corrected chi connectivity index (χ0v) is 22.1. The van der Waals surface area contributed by atoms with Crippen LogP contribution < -0.4 is 16.0 Å². The molecule has 1 saturated heterocycles. The Hall–Kier alpha value is -3.68. The van der Waals surface area contributed by atoms with Gasteiger partial charge >= 0.3 is 6.03 Å². The fourth-order valence-electron chi connectivity index (χ4n) is 4.68. The minimum absolute atomic E-state index is 0.264. The first kappa shape index (κ1) is 27.4. The van der Waals surface area contributed by atoms with Gasteiger partial charge in [0.25, 0.3) is 0 Å². The van der Waals surface area contributed by atoms with Crippen molar-refractivity contribution in [3.63, 3.8) is 0 Å². The standard InChI is InChI=1S/C31H38N4O3/c1-22(2)26-15-9-14-25(16-26)18-32-19-29(36)27(17-23-10-5-3-6-11-23)33-30(37)28-21-35(31(38)34-28)20-24-12-7-4-8-13-24/h3-16,22,27-29,32,36H,17-21H2,1-2H3,(H,33,37)(H,34,38)/t27-,28-,29+/m0/s1. The second-order valence-corrected chi connectivity index (χ2v) is 10.3. The number of amides is 3. The maximum Gasteiger partial charge on any atom is 0.318 e. The van der Waals surface area contributed by atoms with Crippen LogP contribution >= 0.6 is 0 Å². The van der Waals surface area contributed by atoms with Gasteiger partial charge in [0, 0.05) is 19.6 Å². The van der Waals surface area contributed by atoms with E-state index in [0.717, 1.165) is 16.7 Å². The van der Waals surface area contributed by atoms with Crippen LogP contribution in [0.15, 0.2) is 84.9 Å². The lowest BCUT2D eigenvalue weighted by molar-refractivity contribution is -0.124. The number of benzene rings is 3. The van der Waals surface area contributed by atoms with Crippen molar-refractivity contribution >= 4 is 11.9 Å². The first-order valence-electron chi connectivity index (χ1n) is 13.3. The van der Waals surface area contributed by atoms with E-state index in [-0.39, 0.29) is 18.5 Å². The lowest BCUT2D eigenvalue weighted by Crippen LogP contribution is -2.53. The number of carbonyl (C=O) groups excluding carboxylic acids is 2. The monoisotopic (exact) mass is 514 g/mol. The molecule has 0 aromatic heterocycles. The highest BCUT2D eigenvalue weighted by Gasteiger charge is 2.35. The Kier molecular flexibility index (Phi) is 9.51. The molecule has 1 aliphatic heterocycles. The molecule has 3 aromatic rings. The molecule has 1 fully saturated rings. The van der Waals surface area contributed by atoms with Gasteiger partial charge in [0.05, 0.1) is 18.7 Å². The van der Waals surface area contributed by atoms with Gasteiger partial charge in [-0.15, -0.1) is 0 Å². The highest BCUT2D eigenvalue weighted by molar-refractivity contribution is 5.90. The van der Waals surface area contributed by atoms with E-state index in [9.17, 15) is 14.7 Å². The molecule has 4 rings (SSSR count). The molecule has 200 valence electrons. The summed E-state index contributed by atoms with van der Waals surface area (Å²) < 4.78 is 0. The number of aliphatic hydroxyl groups is 1. The van der Waals surface area contributed by atoms with Gasteiger partial charge in [-0.3, -0.25) is 4.79 Å². The van der Waals surface area contributed by atoms with E-state index in [2.05, 4.69) is 54.1 Å². The largest absolute Gasteiger partial charge is 0.390 e. The average molecular weight is 515 g/mol. The summed E-state index contributed by atoms with van der Waals surface area (Å²) in [7, 11) is 0. The number of urea groups is 1. The van der Waals surface area contributed by atoms with Gasteiger partial charge in [-0.2, -0.15) is 0 Å². The Labute approximate surface area is 225 Å². The molecule has 0 saturated carbocycles. The molecule has 0 radical (unpaired) electrons. The molecular formula is C31H38N4O3. The van der Waals surface area contributed by atoms with Crippen molar-refractivity contribution in [2.75, 3.05) is 13.1 Å². The highest BCUT2D eigenvalue weighted by Crippen LogP contribution is 2.16. The maximum absolute atomic E-state index is 13.2. The van der Waals surface area contributed by atoms with Gasteiger partial charge in [0.2, 0.25) is 5.91 Å². The Morgan fingerprint density at radius 1 is 0.974 bits per heavy atom. The van der Waals surface area contributed by atoms with Crippen LogP contribution in [0.25, 0.3) is 0 Å². The summed E-state index contributed by atoms with van der Waals surface area (Å²) in [5.41, 5.74) is 4.45. The SMILES string of the molecule is CC(C)c1cccc(CNC[C@@H](O)[C@H](Cc2ccccc2)NC(=O)[C@@H]2CN(Cc3ccccc3)C(=O)N2)c1. The van der Waals surface area contributed by atoms with E-state index < -0.39 is 18.2 Å². The van der Waals surface area contributed by atoms with Gasteiger partial charge in [-0.25, -0.2) is 4.79 Å². The van der Waals surface area contributed by atoms with Crippen LogP contribution in [0.4, 0.5) is 4.79 Å². The Morgan fingerprint density at radius 3 is 2.32 bits per heavy atom. The number of carbonyl (C=O) groups is 2. The second-order valence-electron chi connectivity index (χ2n) is 10.3. The Bertz CT molecular complexity index is 1190. The smallest absolute Gasteiger partial charge is 0.318 e. The number of nitrogens with zero attached hydrogens (tertiary/aromatic N) is 1. The van der Waals surface area contributed by atoms with Gasteiger partial charge < -0.3 is 26.0 Å². The molecule has 38 heavy (non-hydrogen) atoms. The first-order chi connectivity index (χ1) is 18.4. The topological polar surface area (TPSA) is 93.7 Å². The van der Waals surface area contributed by atoms with Crippen LogP contribution in [0, 0.1) is 0 Å². The molecule has 0 aliphatic carbocycles. The van der Waals surface area contributed by atoms with E-state index in [4.69, 9.17) is 0 Å². The molecular weight excluding hydrogens is 476 g/mol. The molecule has 3 amide bonds. The number of hydrogen-bond acceptors (Lipinski definition) is 4. The van der Waals surface area contributed by atoms with Crippen molar-refractivity contribution in [1.82, 2.24) is 20.9 Å². The molecule has 3 aromatic carbocycles. The lowest BCUT2D eigenvalue weighted by atomic mass is 10.00. The van der Waals surface area contributed by atoms with Crippen LogP contribution in [0.5, 0.6) is 0 Å². The summed E-state index contributed by atoms with van der Waals surface area (Å²) in [5.74, 6) is 0.157. The summed E-state index contributed by atoms with van der Waals surface area (Å²) in [4.78, 5) is 27.4. The molecule has 1 heterocycles. The first-order valence-corrected chi connectivity index (χ1v) is 13.3. The number of nitrogens with one attached hydrogen (secondary N) is 3. The van der Waals surface area contributed by atoms with Crippen LogP contribution in [0.3, 0.4) is 0 Å². The van der Waals surface area contributed by atoms with E-state index >= 15 is 0 Å². The molecule has 1 aliphatic rings. The van der Waals surface area contributed by atoms with Gasteiger partial charge in [-0.05, 0) is 34.6 Å². The fraction of sp³-hybridized carbons (Fsp3) is 0.355. The van der Waals surface area contributed by atoms with E-state index in [1.165, 1.54) is 5.56 Å². The third kappa shape index (κ3) is 7.66. The molecule has 3 atom stereocenters. The zero-order chi connectivity index (χ0) is 26.9. The third-order valence-electron chi connectivity index (χ3n) is 6.91.